The van der Waals surface area contributed by atoms with Gasteiger partial charge in [0.25, 0.3) is 0 Å². The highest BCUT2D eigenvalue weighted by molar-refractivity contribution is 7.94. The lowest BCUT2D eigenvalue weighted by atomic mass is 10.1. The molecule has 0 unspecified atom stereocenters. The van der Waals surface area contributed by atoms with Gasteiger partial charge in [-0.25, -0.2) is 13.4 Å². The number of phenolic OH excluding ortho intramolecular Hbond substituents is 1. The highest BCUT2D eigenvalue weighted by Crippen LogP contribution is 2.31. The molecule has 0 spiro atoms. The van der Waals surface area contributed by atoms with Gasteiger partial charge in [-0.15, -0.1) is 0 Å². The van der Waals surface area contributed by atoms with Crippen molar-refractivity contribution in [3.63, 3.8) is 0 Å². The van der Waals surface area contributed by atoms with Crippen LogP contribution in [0.4, 0.5) is 5.13 Å². The largest absolute Gasteiger partial charge is 0.506 e. The van der Waals surface area contributed by atoms with E-state index >= 15 is 0 Å². The lowest BCUT2D eigenvalue weighted by Crippen LogP contribution is -2.03. The monoisotopic (exact) mass is 456 g/mol. The molecule has 0 saturated heterocycles. The second kappa shape index (κ2) is 10.3. The lowest BCUT2D eigenvalue weighted by Gasteiger charge is -2.07. The van der Waals surface area contributed by atoms with Crippen molar-refractivity contribution in [2.45, 2.75) is 25.7 Å². The van der Waals surface area contributed by atoms with Crippen molar-refractivity contribution < 1.29 is 18.3 Å². The van der Waals surface area contributed by atoms with Gasteiger partial charge in [0.05, 0.1) is 17.1 Å². The number of anilines is 1. The van der Waals surface area contributed by atoms with Crippen molar-refractivity contribution in [3.05, 3.63) is 59.5 Å². The molecule has 0 fully saturated rings. The van der Waals surface area contributed by atoms with Crippen LogP contribution in [-0.2, 0) is 16.3 Å². The fourth-order valence-corrected chi connectivity index (χ4v) is 4.52. The van der Waals surface area contributed by atoms with E-state index in [4.69, 9.17) is 10.5 Å². The topological polar surface area (TPSA) is 103 Å². The molecule has 0 bridgehead atoms. The van der Waals surface area contributed by atoms with E-state index in [1.807, 2.05) is 30.3 Å². The first kappa shape index (κ1) is 22.7. The van der Waals surface area contributed by atoms with E-state index in [9.17, 15) is 13.5 Å². The summed E-state index contributed by atoms with van der Waals surface area (Å²) in [6.45, 7) is 3.84. The third-order valence-corrected chi connectivity index (χ3v) is 6.71. The molecule has 8 heteroatoms. The molecular weight excluding hydrogens is 432 g/mol. The Morgan fingerprint density at radius 3 is 2.87 bits per heavy atom. The third kappa shape index (κ3) is 6.74. The average molecular weight is 457 g/mol. The molecule has 0 amide bonds. The Labute approximate surface area is 186 Å². The van der Waals surface area contributed by atoms with Gasteiger partial charge in [-0.1, -0.05) is 41.9 Å². The SMILES string of the molecule is C=CS(=O)(=O)CCCCCOc1cccc(CC#Cc2cc(O)c3nc(N)sc3c2)c1. The molecule has 1 aromatic heterocycles. The van der Waals surface area contributed by atoms with Gasteiger partial charge in [-0.2, -0.15) is 0 Å². The maximum absolute atomic E-state index is 11.4. The Hall–Kier alpha value is -3.02. The number of hydrogen-bond acceptors (Lipinski definition) is 7. The first-order chi connectivity index (χ1) is 14.9. The summed E-state index contributed by atoms with van der Waals surface area (Å²) >= 11 is 1.32. The minimum Gasteiger partial charge on any atom is -0.506 e. The summed E-state index contributed by atoms with van der Waals surface area (Å²) in [7, 11) is -3.12. The first-order valence-corrected chi connectivity index (χ1v) is 12.3. The number of sulfone groups is 1. The van der Waals surface area contributed by atoms with Gasteiger partial charge in [-0.3, -0.25) is 0 Å². The van der Waals surface area contributed by atoms with Crippen molar-refractivity contribution in [1.82, 2.24) is 4.98 Å². The Morgan fingerprint density at radius 2 is 2.06 bits per heavy atom. The van der Waals surface area contributed by atoms with Crippen LogP contribution in [-0.4, -0.2) is 30.9 Å². The van der Waals surface area contributed by atoms with Gasteiger partial charge in [0.2, 0.25) is 0 Å². The summed E-state index contributed by atoms with van der Waals surface area (Å²) in [4.78, 5) is 4.10. The van der Waals surface area contributed by atoms with Crippen LogP contribution >= 0.6 is 11.3 Å². The number of fused-ring (bicyclic) bond motifs is 1. The summed E-state index contributed by atoms with van der Waals surface area (Å²) in [5.74, 6) is 7.16. The zero-order chi connectivity index (χ0) is 22.3. The van der Waals surface area contributed by atoms with Crippen molar-refractivity contribution in [2.75, 3.05) is 18.1 Å². The van der Waals surface area contributed by atoms with Crippen LogP contribution in [0.3, 0.4) is 0 Å². The average Bonchev–Trinajstić information content (AvgIpc) is 3.12. The zero-order valence-corrected chi connectivity index (χ0v) is 18.6. The molecule has 1 heterocycles. The number of aromatic hydroxyl groups is 1. The predicted octanol–water partition coefficient (Wildman–Crippen LogP) is 4.29. The molecule has 3 rings (SSSR count). The molecule has 0 saturated carbocycles. The Bertz CT molecular complexity index is 1240. The maximum atomic E-state index is 11.4. The van der Waals surface area contributed by atoms with Crippen molar-refractivity contribution in [2.24, 2.45) is 0 Å². The second-order valence-corrected chi connectivity index (χ2v) is 10.1. The fourth-order valence-electron chi connectivity index (χ4n) is 2.95. The van der Waals surface area contributed by atoms with Crippen molar-refractivity contribution in [3.8, 4) is 23.3 Å². The zero-order valence-electron chi connectivity index (χ0n) is 17.0. The van der Waals surface area contributed by atoms with Crippen molar-refractivity contribution >= 4 is 36.5 Å². The third-order valence-electron chi connectivity index (χ3n) is 4.51. The molecule has 0 aliphatic carbocycles. The van der Waals surface area contributed by atoms with Crippen LogP contribution in [0.25, 0.3) is 10.2 Å². The normalized spacial score (nSPS) is 11.1. The Balaban J connectivity index is 1.51. The number of nitrogen functional groups attached to an aromatic ring is 1. The van der Waals surface area contributed by atoms with Gasteiger partial charge < -0.3 is 15.6 Å². The molecule has 0 atom stereocenters. The second-order valence-electron chi connectivity index (χ2n) is 6.96. The van der Waals surface area contributed by atoms with Crippen molar-refractivity contribution in [1.29, 1.82) is 0 Å². The van der Waals surface area contributed by atoms with E-state index in [1.165, 1.54) is 11.3 Å². The summed E-state index contributed by atoms with van der Waals surface area (Å²) < 4.78 is 29.3. The highest BCUT2D eigenvalue weighted by Gasteiger charge is 2.07. The van der Waals surface area contributed by atoms with Crippen LogP contribution in [0.15, 0.2) is 48.4 Å². The van der Waals surface area contributed by atoms with E-state index in [2.05, 4.69) is 23.4 Å². The summed E-state index contributed by atoms with van der Waals surface area (Å²) in [5, 5.41) is 11.5. The fraction of sp³-hybridized carbons (Fsp3) is 0.261. The number of nitrogens with two attached hydrogens (primary N) is 1. The van der Waals surface area contributed by atoms with Crippen LogP contribution in [0.5, 0.6) is 11.5 Å². The van der Waals surface area contributed by atoms with E-state index in [-0.39, 0.29) is 11.5 Å². The molecule has 162 valence electrons. The van der Waals surface area contributed by atoms with Crippen LogP contribution in [0.2, 0.25) is 0 Å². The number of hydrogen-bond donors (Lipinski definition) is 2. The van der Waals surface area contributed by atoms with Gasteiger partial charge in [-0.05, 0) is 49.1 Å². The molecule has 0 aliphatic heterocycles. The van der Waals surface area contributed by atoms with E-state index < -0.39 is 9.84 Å². The predicted molar refractivity (Wildman–Crippen MR) is 126 cm³/mol. The Morgan fingerprint density at radius 1 is 1.23 bits per heavy atom. The van der Waals surface area contributed by atoms with Gasteiger partial charge in [0.1, 0.15) is 17.0 Å². The summed E-state index contributed by atoms with van der Waals surface area (Å²) in [5.41, 5.74) is 7.93. The number of benzene rings is 2. The minimum atomic E-state index is -3.12. The van der Waals surface area contributed by atoms with Gasteiger partial charge >= 0.3 is 0 Å². The molecule has 31 heavy (non-hydrogen) atoms. The van der Waals surface area contributed by atoms with Crippen LogP contribution in [0, 0.1) is 11.8 Å². The number of aromatic nitrogens is 1. The van der Waals surface area contributed by atoms with Crippen LogP contribution < -0.4 is 10.5 Å². The highest BCUT2D eigenvalue weighted by atomic mass is 32.2. The van der Waals surface area contributed by atoms with E-state index in [1.54, 1.807) is 6.07 Å². The molecule has 6 nitrogen and oxygen atoms in total. The summed E-state index contributed by atoms with van der Waals surface area (Å²) in [6.07, 6.45) is 2.70. The number of thiazole rings is 1. The number of ether oxygens (including phenoxy) is 1. The standard InChI is InChI=1S/C23H24N2O4S2/c1-2-31(27,28)13-5-3-4-12-29-19-11-7-9-17(14-19)8-6-10-18-15-20(26)22-21(16-18)30-23(24)25-22/h2,7,9,11,14-16,26H,1,3-5,8,12-13H2,(H2,24,25). The lowest BCUT2D eigenvalue weighted by molar-refractivity contribution is 0.306. The van der Waals surface area contributed by atoms with Crippen LogP contribution in [0.1, 0.15) is 30.4 Å². The Kier molecular flexibility index (Phi) is 7.55. The first-order valence-electron chi connectivity index (χ1n) is 9.81. The van der Waals surface area contributed by atoms with E-state index in [0.717, 1.165) is 34.3 Å². The molecule has 3 aromatic rings. The maximum Gasteiger partial charge on any atom is 0.181 e. The van der Waals surface area contributed by atoms with E-state index in [0.29, 0.717) is 35.7 Å². The number of nitrogens with zero attached hydrogens (tertiary/aromatic N) is 1. The summed E-state index contributed by atoms with van der Waals surface area (Å²) in [6, 6.07) is 11.2. The van der Waals surface area contributed by atoms with Gasteiger partial charge in [0, 0.05) is 17.4 Å². The molecular formula is C23H24N2O4S2. The number of rotatable bonds is 9. The molecule has 0 radical (unpaired) electrons. The minimum absolute atomic E-state index is 0.0761. The quantitative estimate of drug-likeness (QED) is 0.368. The molecule has 2 aromatic carbocycles. The number of phenols is 1. The smallest absolute Gasteiger partial charge is 0.181 e. The molecule has 0 aliphatic rings. The molecule has 3 N–H and O–H groups in total. The van der Waals surface area contributed by atoms with Gasteiger partial charge in [0.15, 0.2) is 15.0 Å². The number of unbranched alkanes of at least 4 members (excludes halogenated alkanes) is 2.